The zero-order valence-corrected chi connectivity index (χ0v) is 17.3. The highest BCUT2D eigenvalue weighted by atomic mass is 16.5. The first kappa shape index (κ1) is 23.7. The first-order valence-electron chi connectivity index (χ1n) is 10.2. The number of unbranched alkanes of at least 4 members (excludes halogenated alkanes) is 3. The summed E-state index contributed by atoms with van der Waals surface area (Å²) in [6.45, 7) is 4.15. The molecule has 0 radical (unpaired) electrons. The predicted octanol–water partition coefficient (Wildman–Crippen LogP) is 3.14. The van der Waals surface area contributed by atoms with Crippen molar-refractivity contribution in [1.82, 2.24) is 10.6 Å². The van der Waals surface area contributed by atoms with Crippen LogP contribution in [0.3, 0.4) is 0 Å². The van der Waals surface area contributed by atoms with Crippen LogP contribution in [0.15, 0.2) is 30.3 Å². The molecule has 0 aromatic heterocycles. The molecule has 1 aromatic carbocycles. The van der Waals surface area contributed by atoms with Gasteiger partial charge < -0.3 is 15.4 Å². The normalized spacial score (nSPS) is 12.7. The Hall–Kier alpha value is -2.37. The molecule has 28 heavy (non-hydrogen) atoms. The number of ether oxygens (including phenoxy) is 1. The van der Waals surface area contributed by atoms with Gasteiger partial charge in [-0.05, 0) is 18.9 Å². The molecule has 0 aliphatic carbocycles. The van der Waals surface area contributed by atoms with Crippen molar-refractivity contribution in [2.24, 2.45) is 0 Å². The summed E-state index contributed by atoms with van der Waals surface area (Å²) < 4.78 is 4.79. The fraction of sp³-hybridized carbons (Fsp3) is 0.591. The molecule has 2 N–H and O–H groups in total. The number of methoxy groups -OCH3 is 1. The summed E-state index contributed by atoms with van der Waals surface area (Å²) in [5.74, 6) is -0.977. The lowest BCUT2D eigenvalue weighted by atomic mass is 10.1. The number of esters is 1. The molecule has 6 nitrogen and oxygen atoms in total. The van der Waals surface area contributed by atoms with Gasteiger partial charge in [0.05, 0.1) is 7.11 Å². The van der Waals surface area contributed by atoms with Crippen LogP contribution in [0.4, 0.5) is 0 Å². The van der Waals surface area contributed by atoms with E-state index in [0.717, 1.165) is 18.4 Å². The van der Waals surface area contributed by atoms with Gasteiger partial charge in [0.2, 0.25) is 11.8 Å². The Morgan fingerprint density at radius 1 is 0.964 bits per heavy atom. The molecule has 0 saturated carbocycles. The number of hydrogen-bond donors (Lipinski definition) is 2. The summed E-state index contributed by atoms with van der Waals surface area (Å²) in [6.07, 6.45) is 6.10. The predicted molar refractivity (Wildman–Crippen MR) is 110 cm³/mol. The maximum atomic E-state index is 12.2. The molecule has 2 unspecified atom stereocenters. The molecule has 0 spiro atoms. The Morgan fingerprint density at radius 3 is 2.21 bits per heavy atom. The second kappa shape index (κ2) is 13.7. The molecule has 1 aromatic rings. The molecule has 0 heterocycles. The van der Waals surface area contributed by atoms with Gasteiger partial charge in [0.25, 0.3) is 0 Å². The first-order chi connectivity index (χ1) is 13.5. The lowest BCUT2D eigenvalue weighted by molar-refractivity contribution is -0.145. The van der Waals surface area contributed by atoms with Gasteiger partial charge >= 0.3 is 5.97 Å². The van der Waals surface area contributed by atoms with Crippen LogP contribution >= 0.6 is 0 Å². The molecule has 0 bridgehead atoms. The second-order valence-electron chi connectivity index (χ2n) is 7.15. The maximum Gasteiger partial charge on any atom is 0.328 e. The number of rotatable bonds is 13. The summed E-state index contributed by atoms with van der Waals surface area (Å²) in [6, 6.07) is 8.75. The van der Waals surface area contributed by atoms with Gasteiger partial charge in [-0.1, -0.05) is 62.9 Å². The molecule has 0 fully saturated rings. The van der Waals surface area contributed by atoms with Crippen molar-refractivity contribution in [2.75, 3.05) is 7.11 Å². The monoisotopic (exact) mass is 390 g/mol. The van der Waals surface area contributed by atoms with E-state index in [9.17, 15) is 14.4 Å². The molecular formula is C22H34N2O4. The number of nitrogens with one attached hydrogen (secondary N) is 2. The van der Waals surface area contributed by atoms with E-state index in [1.54, 1.807) is 0 Å². The third kappa shape index (κ3) is 10.1. The number of carbonyl (C=O) groups excluding carboxylic acids is 3. The fourth-order valence-corrected chi connectivity index (χ4v) is 2.98. The molecule has 6 heteroatoms. The Kier molecular flexibility index (Phi) is 11.6. The highest BCUT2D eigenvalue weighted by Gasteiger charge is 2.22. The van der Waals surface area contributed by atoms with E-state index in [1.807, 2.05) is 37.3 Å². The zero-order valence-electron chi connectivity index (χ0n) is 17.3. The summed E-state index contributed by atoms with van der Waals surface area (Å²) in [7, 11) is 1.29. The van der Waals surface area contributed by atoms with Crippen molar-refractivity contribution in [1.29, 1.82) is 0 Å². The molecule has 0 aliphatic rings. The van der Waals surface area contributed by atoms with Crippen LogP contribution in [0.25, 0.3) is 0 Å². The van der Waals surface area contributed by atoms with Gasteiger partial charge in [-0.25, -0.2) is 4.79 Å². The third-order valence-electron chi connectivity index (χ3n) is 4.58. The average molecular weight is 391 g/mol. The van der Waals surface area contributed by atoms with Crippen molar-refractivity contribution >= 4 is 17.8 Å². The van der Waals surface area contributed by atoms with E-state index in [-0.39, 0.29) is 30.7 Å². The molecule has 0 saturated heterocycles. The average Bonchev–Trinajstić information content (AvgIpc) is 2.69. The number of benzene rings is 1. The van der Waals surface area contributed by atoms with Gasteiger partial charge in [0.1, 0.15) is 6.04 Å². The van der Waals surface area contributed by atoms with Crippen LogP contribution < -0.4 is 10.6 Å². The smallest absolute Gasteiger partial charge is 0.328 e. The van der Waals surface area contributed by atoms with Crippen LogP contribution in [0.2, 0.25) is 0 Å². The Bertz CT molecular complexity index is 604. The van der Waals surface area contributed by atoms with Gasteiger partial charge in [0.15, 0.2) is 0 Å². The molecule has 2 amide bonds. The van der Waals surface area contributed by atoms with E-state index in [2.05, 4.69) is 17.6 Å². The number of hydrogen-bond acceptors (Lipinski definition) is 4. The van der Waals surface area contributed by atoms with Crippen LogP contribution in [0, 0.1) is 0 Å². The van der Waals surface area contributed by atoms with Crippen molar-refractivity contribution in [2.45, 2.75) is 77.3 Å². The van der Waals surface area contributed by atoms with Gasteiger partial charge in [0, 0.05) is 25.3 Å². The van der Waals surface area contributed by atoms with Crippen LogP contribution in [-0.4, -0.2) is 37.0 Å². The van der Waals surface area contributed by atoms with E-state index in [4.69, 9.17) is 4.74 Å². The van der Waals surface area contributed by atoms with Crippen LogP contribution in [-0.2, 0) is 25.5 Å². The minimum absolute atomic E-state index is 0.0384. The minimum Gasteiger partial charge on any atom is -0.467 e. The maximum absolute atomic E-state index is 12.2. The standard InChI is InChI=1S/C22H34N2O4/c1-4-5-6-8-11-17(2)23-20(25)14-15-21(26)24-19(22(27)28-3)16-18-12-9-7-10-13-18/h7,9-10,12-13,17,19H,4-6,8,11,14-16H2,1-3H3,(H,23,25)(H,24,26). The highest BCUT2D eigenvalue weighted by Crippen LogP contribution is 2.07. The topological polar surface area (TPSA) is 84.5 Å². The largest absolute Gasteiger partial charge is 0.467 e. The molecule has 0 aliphatic heterocycles. The summed E-state index contributed by atoms with van der Waals surface area (Å²) >= 11 is 0. The quantitative estimate of drug-likeness (QED) is 0.400. The van der Waals surface area contributed by atoms with E-state index in [1.165, 1.54) is 26.4 Å². The van der Waals surface area contributed by atoms with Crippen molar-refractivity contribution < 1.29 is 19.1 Å². The van der Waals surface area contributed by atoms with Crippen LogP contribution in [0.5, 0.6) is 0 Å². The number of amides is 2. The highest BCUT2D eigenvalue weighted by molar-refractivity contribution is 5.87. The summed E-state index contributed by atoms with van der Waals surface area (Å²) in [5, 5.41) is 5.61. The third-order valence-corrected chi connectivity index (χ3v) is 4.58. The Labute approximate surface area is 168 Å². The van der Waals surface area contributed by atoms with Gasteiger partial charge in [-0.3, -0.25) is 9.59 Å². The summed E-state index contributed by atoms with van der Waals surface area (Å²) in [5.41, 5.74) is 0.924. The number of carbonyl (C=O) groups is 3. The molecular weight excluding hydrogens is 356 g/mol. The van der Waals surface area contributed by atoms with Crippen molar-refractivity contribution in [3.8, 4) is 0 Å². The fourth-order valence-electron chi connectivity index (χ4n) is 2.98. The Morgan fingerprint density at radius 2 is 1.61 bits per heavy atom. The van der Waals surface area contributed by atoms with E-state index < -0.39 is 12.0 Å². The molecule has 1 rings (SSSR count). The van der Waals surface area contributed by atoms with E-state index >= 15 is 0 Å². The van der Waals surface area contributed by atoms with Crippen LogP contribution in [0.1, 0.15) is 64.4 Å². The van der Waals surface area contributed by atoms with Crippen molar-refractivity contribution in [3.05, 3.63) is 35.9 Å². The first-order valence-corrected chi connectivity index (χ1v) is 10.2. The minimum atomic E-state index is -0.763. The van der Waals surface area contributed by atoms with Gasteiger partial charge in [-0.2, -0.15) is 0 Å². The second-order valence-corrected chi connectivity index (χ2v) is 7.15. The SMILES string of the molecule is CCCCCCC(C)NC(=O)CCC(=O)NC(Cc1ccccc1)C(=O)OC. The Balaban J connectivity index is 2.39. The molecule has 2 atom stereocenters. The zero-order chi connectivity index (χ0) is 20.8. The lowest BCUT2D eigenvalue weighted by Gasteiger charge is -2.17. The lowest BCUT2D eigenvalue weighted by Crippen LogP contribution is -2.43. The van der Waals surface area contributed by atoms with Gasteiger partial charge in [-0.15, -0.1) is 0 Å². The summed E-state index contributed by atoms with van der Waals surface area (Å²) in [4.78, 5) is 36.2. The molecule has 156 valence electrons. The van der Waals surface area contributed by atoms with Crippen molar-refractivity contribution in [3.63, 3.8) is 0 Å². The van der Waals surface area contributed by atoms with E-state index in [0.29, 0.717) is 6.42 Å².